The number of fused-ring (bicyclic) bond motifs is 3. The number of aliphatic hydroxyl groups is 1. The van der Waals surface area contributed by atoms with E-state index in [1.165, 1.54) is 5.57 Å². The fourth-order valence-corrected chi connectivity index (χ4v) is 7.45. The summed E-state index contributed by atoms with van der Waals surface area (Å²) in [4.78, 5) is 12.0. The van der Waals surface area contributed by atoms with E-state index < -0.39 is 17.0 Å². The SMILES string of the molecule is CC1=CC23CCC4C(C)(C(=O)O)CCCC4(C)C2CCC1(O)C3. The second kappa shape index (κ2) is 4.41. The van der Waals surface area contributed by atoms with E-state index in [0.717, 1.165) is 51.4 Å². The van der Waals surface area contributed by atoms with Gasteiger partial charge in [0.25, 0.3) is 0 Å². The van der Waals surface area contributed by atoms with Crippen molar-refractivity contribution in [3.8, 4) is 0 Å². The summed E-state index contributed by atoms with van der Waals surface area (Å²) in [7, 11) is 0. The molecule has 0 amide bonds. The summed E-state index contributed by atoms with van der Waals surface area (Å²) < 4.78 is 0. The van der Waals surface area contributed by atoms with Crippen LogP contribution in [0.1, 0.15) is 72.1 Å². The highest BCUT2D eigenvalue weighted by atomic mass is 16.4. The van der Waals surface area contributed by atoms with Gasteiger partial charge in [0.2, 0.25) is 0 Å². The molecule has 0 heterocycles. The first-order chi connectivity index (χ1) is 10.7. The molecule has 2 N–H and O–H groups in total. The molecule has 0 aromatic carbocycles. The van der Waals surface area contributed by atoms with Gasteiger partial charge in [0.05, 0.1) is 11.0 Å². The van der Waals surface area contributed by atoms with E-state index in [4.69, 9.17) is 0 Å². The first kappa shape index (κ1) is 15.7. The molecule has 2 bridgehead atoms. The van der Waals surface area contributed by atoms with E-state index in [1.807, 2.05) is 6.92 Å². The van der Waals surface area contributed by atoms with Crippen molar-refractivity contribution in [1.29, 1.82) is 0 Å². The highest BCUT2D eigenvalue weighted by molar-refractivity contribution is 5.75. The third-order valence-electron chi connectivity index (χ3n) is 8.56. The predicted octanol–water partition coefficient (Wildman–Crippen LogP) is 4.16. The normalized spacial score (nSPS) is 54.9. The van der Waals surface area contributed by atoms with Gasteiger partial charge in [-0.1, -0.05) is 19.4 Å². The van der Waals surface area contributed by atoms with Crippen molar-refractivity contribution >= 4 is 5.97 Å². The Labute approximate surface area is 139 Å². The topological polar surface area (TPSA) is 57.5 Å². The molecule has 3 nitrogen and oxygen atoms in total. The van der Waals surface area contributed by atoms with Gasteiger partial charge < -0.3 is 10.2 Å². The minimum absolute atomic E-state index is 0.103. The maximum atomic E-state index is 12.0. The first-order valence-corrected chi connectivity index (χ1v) is 9.32. The molecule has 6 unspecified atom stereocenters. The van der Waals surface area contributed by atoms with Gasteiger partial charge in [-0.05, 0) is 87.0 Å². The Hall–Kier alpha value is -0.830. The van der Waals surface area contributed by atoms with Crippen LogP contribution in [0, 0.1) is 28.1 Å². The highest BCUT2D eigenvalue weighted by Gasteiger charge is 2.66. The van der Waals surface area contributed by atoms with Gasteiger partial charge in [-0.25, -0.2) is 0 Å². The summed E-state index contributed by atoms with van der Waals surface area (Å²) in [6, 6.07) is 0. The monoisotopic (exact) mass is 318 g/mol. The lowest BCUT2D eigenvalue weighted by atomic mass is 9.41. The Morgan fingerprint density at radius 3 is 2.52 bits per heavy atom. The number of hydrogen-bond acceptors (Lipinski definition) is 2. The van der Waals surface area contributed by atoms with E-state index in [0.29, 0.717) is 5.92 Å². The quantitative estimate of drug-likeness (QED) is 0.714. The Morgan fingerprint density at radius 2 is 1.83 bits per heavy atom. The Bertz CT molecular complexity index is 596. The van der Waals surface area contributed by atoms with Crippen molar-refractivity contribution < 1.29 is 15.0 Å². The third-order valence-corrected chi connectivity index (χ3v) is 8.56. The fourth-order valence-electron chi connectivity index (χ4n) is 7.45. The predicted molar refractivity (Wildman–Crippen MR) is 88.9 cm³/mol. The highest BCUT2D eigenvalue weighted by Crippen LogP contribution is 2.71. The van der Waals surface area contributed by atoms with Gasteiger partial charge in [0.1, 0.15) is 0 Å². The Morgan fingerprint density at radius 1 is 1.13 bits per heavy atom. The molecule has 3 fully saturated rings. The smallest absolute Gasteiger partial charge is 0.309 e. The molecule has 3 saturated carbocycles. The van der Waals surface area contributed by atoms with E-state index >= 15 is 0 Å². The molecule has 1 spiro atoms. The van der Waals surface area contributed by atoms with Crippen LogP contribution in [0.25, 0.3) is 0 Å². The van der Waals surface area contributed by atoms with Crippen LogP contribution >= 0.6 is 0 Å². The van der Waals surface area contributed by atoms with E-state index in [1.54, 1.807) is 0 Å². The van der Waals surface area contributed by atoms with Crippen molar-refractivity contribution in [2.24, 2.45) is 28.1 Å². The van der Waals surface area contributed by atoms with Crippen molar-refractivity contribution in [2.75, 3.05) is 0 Å². The van der Waals surface area contributed by atoms with Crippen LogP contribution in [0.4, 0.5) is 0 Å². The molecule has 23 heavy (non-hydrogen) atoms. The van der Waals surface area contributed by atoms with Crippen molar-refractivity contribution in [2.45, 2.75) is 77.7 Å². The van der Waals surface area contributed by atoms with Gasteiger partial charge in [-0.15, -0.1) is 0 Å². The number of carboxylic acids is 1. The van der Waals surface area contributed by atoms with Gasteiger partial charge in [-0.3, -0.25) is 4.79 Å². The largest absolute Gasteiger partial charge is 0.481 e. The molecular weight excluding hydrogens is 288 g/mol. The average Bonchev–Trinajstić information content (AvgIpc) is 2.63. The van der Waals surface area contributed by atoms with Crippen LogP contribution in [-0.2, 0) is 4.79 Å². The molecule has 128 valence electrons. The fraction of sp³-hybridized carbons (Fsp3) is 0.850. The average molecular weight is 318 g/mol. The summed E-state index contributed by atoms with van der Waals surface area (Å²) in [6.45, 7) is 6.45. The van der Waals surface area contributed by atoms with Crippen LogP contribution in [0.2, 0.25) is 0 Å². The molecule has 4 aliphatic rings. The molecule has 0 aromatic rings. The molecule has 4 aliphatic carbocycles. The standard InChI is InChI=1S/C20H30O3/c1-13-11-19-9-5-14-17(2,7-4-8-18(14,3)16(21)22)15(19)6-10-20(13,23)12-19/h11,14-15,23H,4-10,12H2,1-3H3,(H,21,22). The number of hydrogen-bond donors (Lipinski definition) is 2. The van der Waals surface area contributed by atoms with Crippen LogP contribution in [0.5, 0.6) is 0 Å². The number of aliphatic carboxylic acids is 1. The molecule has 3 heteroatoms. The Balaban J connectivity index is 1.77. The first-order valence-electron chi connectivity index (χ1n) is 9.32. The number of rotatable bonds is 1. The number of carbonyl (C=O) groups is 1. The molecule has 0 aliphatic heterocycles. The second-order valence-electron chi connectivity index (χ2n) is 9.53. The molecule has 0 aromatic heterocycles. The van der Waals surface area contributed by atoms with E-state index in [-0.39, 0.29) is 16.7 Å². The van der Waals surface area contributed by atoms with Crippen LogP contribution < -0.4 is 0 Å². The van der Waals surface area contributed by atoms with Gasteiger partial charge >= 0.3 is 5.97 Å². The minimum atomic E-state index is -0.602. The van der Waals surface area contributed by atoms with Gasteiger partial charge in [0.15, 0.2) is 0 Å². The van der Waals surface area contributed by atoms with Crippen molar-refractivity contribution in [3.63, 3.8) is 0 Å². The van der Waals surface area contributed by atoms with Crippen LogP contribution in [-0.4, -0.2) is 21.8 Å². The van der Waals surface area contributed by atoms with Gasteiger partial charge in [-0.2, -0.15) is 0 Å². The van der Waals surface area contributed by atoms with Gasteiger partial charge in [0, 0.05) is 0 Å². The van der Waals surface area contributed by atoms with E-state index in [2.05, 4.69) is 19.9 Å². The molecular formula is C20H30O3. The lowest BCUT2D eigenvalue weighted by Gasteiger charge is -2.63. The lowest BCUT2D eigenvalue weighted by Crippen LogP contribution is -2.59. The summed E-state index contributed by atoms with van der Waals surface area (Å²) in [5.41, 5.74) is 0.244. The molecule has 4 rings (SSSR count). The second-order valence-corrected chi connectivity index (χ2v) is 9.53. The maximum absolute atomic E-state index is 12.0. The lowest BCUT2D eigenvalue weighted by molar-refractivity contribution is -0.182. The van der Waals surface area contributed by atoms with Crippen LogP contribution in [0.15, 0.2) is 11.6 Å². The Kier molecular flexibility index (Phi) is 3.01. The summed E-state index contributed by atoms with van der Waals surface area (Å²) in [6.07, 6.45) is 10.2. The third kappa shape index (κ3) is 1.78. The minimum Gasteiger partial charge on any atom is -0.481 e. The number of allylic oxidation sites excluding steroid dienone is 1. The number of carboxylic acid groups (broad SMARTS) is 1. The van der Waals surface area contributed by atoms with Crippen LogP contribution in [0.3, 0.4) is 0 Å². The van der Waals surface area contributed by atoms with Crippen molar-refractivity contribution in [1.82, 2.24) is 0 Å². The maximum Gasteiger partial charge on any atom is 0.309 e. The zero-order chi connectivity index (χ0) is 16.7. The van der Waals surface area contributed by atoms with E-state index in [9.17, 15) is 15.0 Å². The zero-order valence-corrected chi connectivity index (χ0v) is 14.7. The summed E-state index contributed by atoms with van der Waals surface area (Å²) >= 11 is 0. The molecule has 0 radical (unpaired) electrons. The molecule has 6 atom stereocenters. The zero-order valence-electron chi connectivity index (χ0n) is 14.7. The molecule has 0 saturated heterocycles. The summed E-state index contributed by atoms with van der Waals surface area (Å²) in [5.74, 6) is 0.206. The van der Waals surface area contributed by atoms with Crippen molar-refractivity contribution in [3.05, 3.63) is 11.6 Å². The summed E-state index contributed by atoms with van der Waals surface area (Å²) in [5, 5.41) is 20.8.